The Morgan fingerprint density at radius 2 is 1.72 bits per heavy atom. The van der Waals surface area contributed by atoms with Crippen molar-refractivity contribution in [3.05, 3.63) is 93.8 Å². The number of hydrogen-bond donors (Lipinski definition) is 1. The summed E-state index contributed by atoms with van der Waals surface area (Å²) in [6.07, 6.45) is 1.37. The molecule has 184 valence electrons. The van der Waals surface area contributed by atoms with Gasteiger partial charge in [-0.2, -0.15) is 0 Å². The van der Waals surface area contributed by atoms with E-state index in [-0.39, 0.29) is 23.7 Å². The van der Waals surface area contributed by atoms with Gasteiger partial charge in [0.25, 0.3) is 11.8 Å². The number of halogens is 2. The Kier molecular flexibility index (Phi) is 7.36. The molecule has 4 amide bonds. The van der Waals surface area contributed by atoms with Crippen LogP contribution >= 0.6 is 11.6 Å². The fraction of sp³-hybridized carbons (Fsp3) is 0.148. The molecule has 0 spiro atoms. The Labute approximate surface area is 212 Å². The molecule has 0 bridgehead atoms. The standard InChI is InChI=1S/C27H22ClFN2O5/c1-3-35-24-13-18(7-11-23(24)36-15-17-5-8-19(29)9-6-17)12-21-25(32)30-27(34)31(26(21)33)20-10-4-16(2)22(28)14-20/h4-14H,3,15H2,1-2H3,(H,30,32,34)/b21-12-. The molecule has 36 heavy (non-hydrogen) atoms. The minimum atomic E-state index is -0.860. The van der Waals surface area contributed by atoms with Gasteiger partial charge in [-0.1, -0.05) is 35.9 Å². The maximum Gasteiger partial charge on any atom is 0.335 e. The maximum absolute atomic E-state index is 13.2. The average molecular weight is 509 g/mol. The highest BCUT2D eigenvalue weighted by Gasteiger charge is 2.37. The Morgan fingerprint density at radius 3 is 2.42 bits per heavy atom. The van der Waals surface area contributed by atoms with Crippen molar-refractivity contribution in [3.63, 3.8) is 0 Å². The molecule has 7 nitrogen and oxygen atoms in total. The van der Waals surface area contributed by atoms with Gasteiger partial charge >= 0.3 is 6.03 Å². The lowest BCUT2D eigenvalue weighted by atomic mass is 10.1. The SMILES string of the molecule is CCOc1cc(/C=C2/C(=O)NC(=O)N(c3ccc(C)c(Cl)c3)C2=O)ccc1OCc1ccc(F)cc1. The summed E-state index contributed by atoms with van der Waals surface area (Å²) >= 11 is 6.16. The number of aryl methyl sites for hydroxylation is 1. The van der Waals surface area contributed by atoms with Crippen LogP contribution in [0, 0.1) is 12.7 Å². The topological polar surface area (TPSA) is 84.9 Å². The van der Waals surface area contributed by atoms with Gasteiger partial charge in [0.15, 0.2) is 11.5 Å². The van der Waals surface area contributed by atoms with Crippen LogP contribution in [-0.2, 0) is 16.2 Å². The molecule has 1 aliphatic heterocycles. The molecule has 1 aliphatic rings. The lowest BCUT2D eigenvalue weighted by Crippen LogP contribution is -2.54. The van der Waals surface area contributed by atoms with Gasteiger partial charge in [0.2, 0.25) is 0 Å². The number of carbonyl (C=O) groups excluding carboxylic acids is 3. The van der Waals surface area contributed by atoms with Crippen LogP contribution in [-0.4, -0.2) is 24.5 Å². The molecule has 0 aliphatic carbocycles. The Morgan fingerprint density at radius 1 is 0.972 bits per heavy atom. The second-order valence-electron chi connectivity index (χ2n) is 7.95. The highest BCUT2D eigenvalue weighted by atomic mass is 35.5. The molecule has 0 atom stereocenters. The van der Waals surface area contributed by atoms with Crippen molar-refractivity contribution in [1.29, 1.82) is 0 Å². The highest BCUT2D eigenvalue weighted by molar-refractivity contribution is 6.39. The first-order chi connectivity index (χ1) is 17.3. The second kappa shape index (κ2) is 10.6. The van der Waals surface area contributed by atoms with Crippen LogP contribution in [0.5, 0.6) is 11.5 Å². The molecule has 3 aromatic rings. The van der Waals surface area contributed by atoms with Crippen LogP contribution in [0.25, 0.3) is 6.08 Å². The number of barbiturate groups is 1. The molecule has 1 heterocycles. The normalized spacial score (nSPS) is 14.7. The molecule has 0 unspecified atom stereocenters. The lowest BCUT2D eigenvalue weighted by Gasteiger charge is -2.26. The summed E-state index contributed by atoms with van der Waals surface area (Å²) in [5.41, 5.74) is 2.06. The third-order valence-electron chi connectivity index (χ3n) is 5.40. The molecule has 0 saturated carbocycles. The average Bonchev–Trinajstić information content (AvgIpc) is 2.84. The largest absolute Gasteiger partial charge is 0.490 e. The summed E-state index contributed by atoms with van der Waals surface area (Å²) in [5, 5.41) is 2.57. The van der Waals surface area contributed by atoms with Crippen LogP contribution in [0.4, 0.5) is 14.9 Å². The number of nitrogens with one attached hydrogen (secondary N) is 1. The predicted octanol–water partition coefficient (Wildman–Crippen LogP) is 5.43. The molecule has 3 aromatic carbocycles. The van der Waals surface area contributed by atoms with E-state index < -0.39 is 17.8 Å². The Hall–Kier alpha value is -4.17. The number of carbonyl (C=O) groups is 3. The first-order valence-corrected chi connectivity index (χ1v) is 11.5. The fourth-order valence-corrected chi connectivity index (χ4v) is 3.70. The summed E-state index contributed by atoms with van der Waals surface area (Å²) in [6.45, 7) is 4.14. The molecular weight excluding hydrogens is 487 g/mol. The Balaban J connectivity index is 1.61. The summed E-state index contributed by atoms with van der Waals surface area (Å²) < 4.78 is 24.6. The highest BCUT2D eigenvalue weighted by Crippen LogP contribution is 2.31. The van der Waals surface area contributed by atoms with Gasteiger partial charge in [-0.15, -0.1) is 0 Å². The van der Waals surface area contributed by atoms with Crippen LogP contribution in [0.1, 0.15) is 23.6 Å². The number of benzene rings is 3. The van der Waals surface area contributed by atoms with Crippen molar-refractivity contribution in [2.24, 2.45) is 0 Å². The van der Waals surface area contributed by atoms with Crippen molar-refractivity contribution >= 4 is 41.2 Å². The zero-order valence-electron chi connectivity index (χ0n) is 19.5. The monoisotopic (exact) mass is 508 g/mol. The van der Waals surface area contributed by atoms with Gasteiger partial charge in [-0.25, -0.2) is 14.1 Å². The molecule has 1 fully saturated rings. The number of amides is 4. The van der Waals surface area contributed by atoms with E-state index in [1.165, 1.54) is 24.3 Å². The summed E-state index contributed by atoms with van der Waals surface area (Å²) in [5.74, 6) is -1.09. The van der Waals surface area contributed by atoms with Gasteiger partial charge in [-0.05, 0) is 73.0 Å². The number of nitrogens with zero attached hydrogens (tertiary/aromatic N) is 1. The molecule has 9 heteroatoms. The number of urea groups is 1. The van der Waals surface area contributed by atoms with Crippen LogP contribution in [0.3, 0.4) is 0 Å². The first-order valence-electron chi connectivity index (χ1n) is 11.1. The maximum atomic E-state index is 13.2. The van der Waals surface area contributed by atoms with Crippen LogP contribution in [0.15, 0.2) is 66.2 Å². The lowest BCUT2D eigenvalue weighted by molar-refractivity contribution is -0.122. The van der Waals surface area contributed by atoms with E-state index in [9.17, 15) is 18.8 Å². The number of ether oxygens (including phenoxy) is 2. The van der Waals surface area contributed by atoms with Crippen molar-refractivity contribution in [1.82, 2.24) is 5.32 Å². The van der Waals surface area contributed by atoms with Crippen LogP contribution < -0.4 is 19.7 Å². The van der Waals surface area contributed by atoms with E-state index in [0.29, 0.717) is 28.7 Å². The van der Waals surface area contributed by atoms with Gasteiger partial charge in [-0.3, -0.25) is 14.9 Å². The molecule has 1 saturated heterocycles. The van der Waals surface area contributed by atoms with Gasteiger partial charge < -0.3 is 9.47 Å². The molecular formula is C27H22ClFN2O5. The van der Waals surface area contributed by atoms with E-state index >= 15 is 0 Å². The number of hydrogen-bond acceptors (Lipinski definition) is 5. The third kappa shape index (κ3) is 5.39. The van der Waals surface area contributed by atoms with Crippen molar-refractivity contribution in [3.8, 4) is 11.5 Å². The minimum Gasteiger partial charge on any atom is -0.490 e. The zero-order valence-corrected chi connectivity index (χ0v) is 20.3. The molecule has 1 N–H and O–H groups in total. The summed E-state index contributed by atoms with van der Waals surface area (Å²) in [6, 6.07) is 14.7. The van der Waals surface area contributed by atoms with E-state index in [0.717, 1.165) is 16.0 Å². The Bertz CT molecular complexity index is 1370. The number of imide groups is 2. The molecule has 0 radical (unpaired) electrons. The minimum absolute atomic E-state index is 0.192. The quantitative estimate of drug-likeness (QED) is 0.340. The fourth-order valence-electron chi connectivity index (χ4n) is 3.52. The predicted molar refractivity (Wildman–Crippen MR) is 134 cm³/mol. The van der Waals surface area contributed by atoms with Gasteiger partial charge in [0.1, 0.15) is 18.0 Å². The van der Waals surface area contributed by atoms with Gasteiger partial charge in [0, 0.05) is 5.02 Å². The van der Waals surface area contributed by atoms with E-state index in [2.05, 4.69) is 5.32 Å². The van der Waals surface area contributed by atoms with Crippen LogP contribution in [0.2, 0.25) is 5.02 Å². The van der Waals surface area contributed by atoms with Crippen molar-refractivity contribution < 1.29 is 28.2 Å². The molecule has 0 aromatic heterocycles. The summed E-state index contributed by atoms with van der Waals surface area (Å²) in [4.78, 5) is 39.0. The molecule has 4 rings (SSSR count). The van der Waals surface area contributed by atoms with E-state index in [1.54, 1.807) is 49.4 Å². The first kappa shape index (κ1) is 24.9. The van der Waals surface area contributed by atoms with E-state index in [1.807, 2.05) is 6.92 Å². The number of anilines is 1. The van der Waals surface area contributed by atoms with Gasteiger partial charge in [0.05, 0.1) is 12.3 Å². The smallest absolute Gasteiger partial charge is 0.335 e. The number of rotatable bonds is 7. The summed E-state index contributed by atoms with van der Waals surface area (Å²) in [7, 11) is 0. The van der Waals surface area contributed by atoms with Crippen molar-refractivity contribution in [2.45, 2.75) is 20.5 Å². The van der Waals surface area contributed by atoms with Crippen molar-refractivity contribution in [2.75, 3.05) is 11.5 Å². The second-order valence-corrected chi connectivity index (χ2v) is 8.35. The zero-order chi connectivity index (χ0) is 25.8. The van der Waals surface area contributed by atoms with E-state index in [4.69, 9.17) is 21.1 Å². The third-order valence-corrected chi connectivity index (χ3v) is 5.81.